The highest BCUT2D eigenvalue weighted by Crippen LogP contribution is 2.30. The molecule has 2 aromatic rings. The molecule has 1 aliphatic heterocycles. The van der Waals surface area contributed by atoms with Gasteiger partial charge < -0.3 is 10.0 Å². The van der Waals surface area contributed by atoms with E-state index in [1.807, 2.05) is 6.92 Å². The molecule has 6 heteroatoms. The Bertz CT molecular complexity index is 749. The van der Waals surface area contributed by atoms with Gasteiger partial charge in [-0.25, -0.2) is 4.79 Å². The lowest BCUT2D eigenvalue weighted by molar-refractivity contribution is 0.0696. The minimum absolute atomic E-state index is 0.153. The van der Waals surface area contributed by atoms with Gasteiger partial charge in [-0.2, -0.15) is 5.10 Å². The van der Waals surface area contributed by atoms with Crippen LogP contribution in [0.25, 0.3) is 0 Å². The summed E-state index contributed by atoms with van der Waals surface area (Å²) in [5.74, 6) is -1.15. The van der Waals surface area contributed by atoms with Crippen LogP contribution in [0.4, 0.5) is 5.69 Å². The summed E-state index contributed by atoms with van der Waals surface area (Å²) in [5.41, 5.74) is 3.14. The molecule has 3 rings (SSSR count). The molecular formula is C15H15N3O3. The summed E-state index contributed by atoms with van der Waals surface area (Å²) in [5, 5.41) is 13.3. The highest BCUT2D eigenvalue weighted by molar-refractivity contribution is 6.07. The van der Waals surface area contributed by atoms with Crippen molar-refractivity contribution in [2.45, 2.75) is 13.3 Å². The number of anilines is 1. The number of carbonyl (C=O) groups excluding carboxylic acids is 1. The van der Waals surface area contributed by atoms with Crippen molar-refractivity contribution >= 4 is 17.6 Å². The molecule has 0 radical (unpaired) electrons. The topological polar surface area (TPSA) is 75.4 Å². The minimum atomic E-state index is -0.992. The smallest absolute Gasteiger partial charge is 0.335 e. The van der Waals surface area contributed by atoms with Crippen LogP contribution in [0, 0.1) is 6.92 Å². The Labute approximate surface area is 121 Å². The maximum absolute atomic E-state index is 12.6. The number of nitrogens with zero attached hydrogens (tertiary/aromatic N) is 3. The molecule has 0 aliphatic carbocycles. The number of fused-ring (bicyclic) bond motifs is 1. The van der Waals surface area contributed by atoms with E-state index in [0.29, 0.717) is 17.9 Å². The van der Waals surface area contributed by atoms with Gasteiger partial charge in [-0.3, -0.25) is 9.48 Å². The maximum atomic E-state index is 12.6. The molecule has 21 heavy (non-hydrogen) atoms. The van der Waals surface area contributed by atoms with Gasteiger partial charge in [-0.05, 0) is 37.1 Å². The molecule has 6 nitrogen and oxygen atoms in total. The number of rotatable bonds is 2. The van der Waals surface area contributed by atoms with Crippen LogP contribution in [0.1, 0.15) is 32.1 Å². The maximum Gasteiger partial charge on any atom is 0.335 e. The number of carbonyl (C=O) groups is 2. The quantitative estimate of drug-likeness (QED) is 0.910. The number of carboxylic acid groups (broad SMARTS) is 1. The minimum Gasteiger partial charge on any atom is -0.478 e. The fraction of sp³-hybridized carbons (Fsp3) is 0.267. The first kappa shape index (κ1) is 13.4. The van der Waals surface area contributed by atoms with Crippen LogP contribution in [0.15, 0.2) is 24.3 Å². The van der Waals surface area contributed by atoms with Gasteiger partial charge in [0.2, 0.25) is 0 Å². The van der Waals surface area contributed by atoms with Gasteiger partial charge in [0.05, 0.1) is 11.3 Å². The average molecular weight is 285 g/mol. The van der Waals surface area contributed by atoms with Crippen molar-refractivity contribution < 1.29 is 14.7 Å². The molecule has 0 atom stereocenters. The molecule has 108 valence electrons. The lowest BCUT2D eigenvalue weighted by Gasteiger charge is -2.17. The second kappa shape index (κ2) is 4.73. The van der Waals surface area contributed by atoms with Crippen LogP contribution in [0.5, 0.6) is 0 Å². The number of benzene rings is 1. The Kier molecular flexibility index (Phi) is 3.01. The number of carboxylic acids is 1. The molecule has 0 spiro atoms. The molecule has 0 fully saturated rings. The third-order valence-electron chi connectivity index (χ3n) is 3.69. The van der Waals surface area contributed by atoms with E-state index in [1.54, 1.807) is 40.9 Å². The molecule has 1 N–H and O–H groups in total. The Hall–Kier alpha value is -2.63. The summed E-state index contributed by atoms with van der Waals surface area (Å²) in [6.07, 6.45) is 0.734. The zero-order chi connectivity index (χ0) is 15.1. The highest BCUT2D eigenvalue weighted by atomic mass is 16.4. The first-order valence-corrected chi connectivity index (χ1v) is 6.66. The summed E-state index contributed by atoms with van der Waals surface area (Å²) in [4.78, 5) is 25.4. The van der Waals surface area contributed by atoms with Gasteiger partial charge in [0.25, 0.3) is 5.91 Å². The van der Waals surface area contributed by atoms with Crippen LogP contribution in [0.2, 0.25) is 0 Å². The summed E-state index contributed by atoms with van der Waals surface area (Å²) in [6.45, 7) is 2.39. The van der Waals surface area contributed by atoms with Crippen LogP contribution < -0.4 is 4.90 Å². The predicted molar refractivity (Wildman–Crippen MR) is 76.7 cm³/mol. The molecule has 1 aromatic carbocycles. The van der Waals surface area contributed by atoms with Gasteiger partial charge in [0.1, 0.15) is 5.69 Å². The fourth-order valence-corrected chi connectivity index (χ4v) is 2.67. The summed E-state index contributed by atoms with van der Waals surface area (Å²) in [7, 11) is 1.73. The van der Waals surface area contributed by atoms with E-state index in [1.165, 1.54) is 0 Å². The highest BCUT2D eigenvalue weighted by Gasteiger charge is 2.28. The van der Waals surface area contributed by atoms with Crippen LogP contribution in [-0.2, 0) is 13.5 Å². The van der Waals surface area contributed by atoms with Crippen LogP contribution in [-0.4, -0.2) is 33.3 Å². The Balaban J connectivity index is 2.00. The first-order chi connectivity index (χ1) is 9.97. The molecule has 0 saturated heterocycles. The second-order valence-corrected chi connectivity index (χ2v) is 5.15. The van der Waals surface area contributed by atoms with E-state index in [0.717, 1.165) is 17.7 Å². The van der Waals surface area contributed by atoms with Gasteiger partial charge in [-0.1, -0.05) is 6.07 Å². The number of amides is 1. The van der Waals surface area contributed by atoms with Crippen molar-refractivity contribution in [3.05, 3.63) is 46.8 Å². The van der Waals surface area contributed by atoms with E-state index in [-0.39, 0.29) is 11.5 Å². The summed E-state index contributed by atoms with van der Waals surface area (Å²) in [6, 6.07) is 6.65. The number of hydrogen-bond donors (Lipinski definition) is 1. The molecule has 2 heterocycles. The largest absolute Gasteiger partial charge is 0.478 e. The van der Waals surface area contributed by atoms with Crippen molar-refractivity contribution in [2.24, 2.45) is 7.05 Å². The molecule has 1 aromatic heterocycles. The second-order valence-electron chi connectivity index (χ2n) is 5.15. The van der Waals surface area contributed by atoms with E-state index < -0.39 is 5.97 Å². The van der Waals surface area contributed by atoms with Crippen molar-refractivity contribution in [3.8, 4) is 0 Å². The number of aromatic carboxylic acids is 1. The summed E-state index contributed by atoms with van der Waals surface area (Å²) < 4.78 is 1.55. The number of aromatic nitrogens is 2. The van der Waals surface area contributed by atoms with Gasteiger partial charge in [-0.15, -0.1) is 0 Å². The van der Waals surface area contributed by atoms with Crippen LogP contribution in [0.3, 0.4) is 0 Å². The van der Waals surface area contributed by atoms with E-state index in [2.05, 4.69) is 5.10 Å². The standard InChI is InChI=1S/C15H15N3O3/c1-9-7-13(17(2)16-9)14(19)18-6-5-10-3-4-11(15(20)21)8-12(10)18/h3-4,7-8H,5-6H2,1-2H3,(H,20,21). The van der Waals surface area contributed by atoms with E-state index >= 15 is 0 Å². The molecule has 0 unspecified atom stereocenters. The fourth-order valence-electron chi connectivity index (χ4n) is 2.67. The molecule has 1 aliphatic rings. The Morgan fingerprint density at radius 1 is 1.29 bits per heavy atom. The monoisotopic (exact) mass is 285 g/mol. The van der Waals surface area contributed by atoms with Gasteiger partial charge in [0, 0.05) is 19.3 Å². The van der Waals surface area contributed by atoms with E-state index in [4.69, 9.17) is 5.11 Å². The molecule has 0 saturated carbocycles. The van der Waals surface area contributed by atoms with Gasteiger partial charge >= 0.3 is 5.97 Å². The third-order valence-corrected chi connectivity index (χ3v) is 3.69. The van der Waals surface area contributed by atoms with Crippen molar-refractivity contribution in [2.75, 3.05) is 11.4 Å². The lowest BCUT2D eigenvalue weighted by Crippen LogP contribution is -2.30. The predicted octanol–water partition coefficient (Wildman–Crippen LogP) is 1.63. The third kappa shape index (κ3) is 2.18. The van der Waals surface area contributed by atoms with Crippen LogP contribution >= 0.6 is 0 Å². The van der Waals surface area contributed by atoms with Gasteiger partial charge in [0.15, 0.2) is 0 Å². The molecular weight excluding hydrogens is 270 g/mol. The van der Waals surface area contributed by atoms with Crippen molar-refractivity contribution in [1.82, 2.24) is 9.78 Å². The number of hydrogen-bond acceptors (Lipinski definition) is 3. The van der Waals surface area contributed by atoms with E-state index in [9.17, 15) is 9.59 Å². The molecule has 1 amide bonds. The SMILES string of the molecule is Cc1cc(C(=O)N2CCc3ccc(C(=O)O)cc32)n(C)n1. The zero-order valence-corrected chi connectivity index (χ0v) is 11.8. The Morgan fingerprint density at radius 3 is 2.67 bits per heavy atom. The summed E-state index contributed by atoms with van der Waals surface area (Å²) >= 11 is 0. The first-order valence-electron chi connectivity index (χ1n) is 6.66. The lowest BCUT2D eigenvalue weighted by atomic mass is 10.1. The van der Waals surface area contributed by atoms with Crippen molar-refractivity contribution in [1.29, 1.82) is 0 Å². The molecule has 0 bridgehead atoms. The average Bonchev–Trinajstić information content (AvgIpc) is 3.00. The number of aryl methyl sites for hydroxylation is 2. The van der Waals surface area contributed by atoms with Crippen molar-refractivity contribution in [3.63, 3.8) is 0 Å². The zero-order valence-electron chi connectivity index (χ0n) is 11.8. The normalized spacial score (nSPS) is 13.3. The Morgan fingerprint density at radius 2 is 2.05 bits per heavy atom.